The molecule has 0 saturated heterocycles. The third-order valence-corrected chi connectivity index (χ3v) is 7.20. The Hall–Kier alpha value is -2.83. The van der Waals surface area contributed by atoms with Crippen LogP contribution in [0, 0.1) is 17.8 Å². The molecule has 4 bridgehead atoms. The van der Waals surface area contributed by atoms with Gasteiger partial charge in [0.2, 0.25) is 0 Å². The minimum Gasteiger partial charge on any atom is -0.488 e. The summed E-state index contributed by atoms with van der Waals surface area (Å²) in [5, 5.41) is 5.46. The van der Waals surface area contributed by atoms with E-state index in [0.717, 1.165) is 24.8 Å². The van der Waals surface area contributed by atoms with Crippen LogP contribution >= 0.6 is 0 Å². The summed E-state index contributed by atoms with van der Waals surface area (Å²) in [5.41, 5.74) is 0.931. The quantitative estimate of drug-likeness (QED) is 0.724. The van der Waals surface area contributed by atoms with E-state index in [2.05, 4.69) is 10.6 Å². The lowest BCUT2D eigenvalue weighted by atomic mass is 9.53. The summed E-state index contributed by atoms with van der Waals surface area (Å²) in [5.74, 6) is 1.52. The van der Waals surface area contributed by atoms with Crippen LogP contribution in [0.15, 0.2) is 29.8 Å². The highest BCUT2D eigenvalue weighted by atomic mass is 16.6. The van der Waals surface area contributed by atoms with Gasteiger partial charge in [0.15, 0.2) is 6.10 Å². The fraction of sp³-hybridized carbons (Fsp3) is 0.542. The highest BCUT2D eigenvalue weighted by molar-refractivity contribution is 6.00. The first-order valence-electron chi connectivity index (χ1n) is 11.2. The van der Waals surface area contributed by atoms with Gasteiger partial charge < -0.3 is 14.8 Å². The van der Waals surface area contributed by atoms with Crippen molar-refractivity contribution in [2.24, 2.45) is 17.8 Å². The van der Waals surface area contributed by atoms with Gasteiger partial charge >= 0.3 is 12.0 Å². The number of amides is 3. The Morgan fingerprint density at radius 2 is 1.71 bits per heavy atom. The molecule has 0 spiro atoms. The zero-order chi connectivity index (χ0) is 21.6. The molecule has 7 nitrogen and oxygen atoms in total. The van der Waals surface area contributed by atoms with Crippen molar-refractivity contribution in [2.45, 2.75) is 57.1 Å². The summed E-state index contributed by atoms with van der Waals surface area (Å²) < 4.78 is 10.8. The number of urea groups is 1. The van der Waals surface area contributed by atoms with Crippen molar-refractivity contribution in [1.29, 1.82) is 0 Å². The van der Waals surface area contributed by atoms with Gasteiger partial charge in [-0.2, -0.15) is 0 Å². The second-order valence-corrected chi connectivity index (χ2v) is 9.68. The van der Waals surface area contributed by atoms with Crippen LogP contribution < -0.4 is 15.4 Å². The van der Waals surface area contributed by atoms with Gasteiger partial charge in [-0.3, -0.25) is 10.1 Å². The fourth-order valence-electron chi connectivity index (χ4n) is 6.27. The molecule has 1 aromatic rings. The molecule has 4 saturated carbocycles. The number of hydrogen-bond donors (Lipinski definition) is 2. The molecule has 7 heteroatoms. The number of carbonyl (C=O) groups excluding carboxylic acids is 3. The normalized spacial score (nSPS) is 31.0. The average Bonchev–Trinajstić information content (AvgIpc) is 2.71. The van der Waals surface area contributed by atoms with Crippen LogP contribution in [0.3, 0.4) is 0 Å². The van der Waals surface area contributed by atoms with Gasteiger partial charge in [-0.15, -0.1) is 0 Å². The first kappa shape index (κ1) is 20.1. The molecule has 2 N–H and O–H groups in total. The highest BCUT2D eigenvalue weighted by Gasteiger charge is 2.51. The number of imide groups is 1. The smallest absolute Gasteiger partial charge is 0.338 e. The predicted octanol–water partition coefficient (Wildman–Crippen LogP) is 3.19. The lowest BCUT2D eigenvalue weighted by Crippen LogP contribution is -2.62. The molecule has 1 aromatic carbocycles. The van der Waals surface area contributed by atoms with E-state index in [4.69, 9.17) is 9.47 Å². The number of rotatable bonds is 4. The van der Waals surface area contributed by atoms with Gasteiger partial charge in [0.05, 0.1) is 5.57 Å². The summed E-state index contributed by atoms with van der Waals surface area (Å²) in [6.07, 6.45) is 7.44. The molecular formula is C24H28N2O5. The van der Waals surface area contributed by atoms with E-state index < -0.39 is 24.0 Å². The second-order valence-electron chi connectivity index (χ2n) is 9.68. The number of nitrogens with one attached hydrogen (secondary N) is 2. The van der Waals surface area contributed by atoms with Crippen LogP contribution in [0.5, 0.6) is 5.75 Å². The van der Waals surface area contributed by atoms with E-state index in [0.29, 0.717) is 29.1 Å². The Balaban J connectivity index is 1.15. The monoisotopic (exact) mass is 424 g/mol. The number of para-hydroxylation sites is 1. The van der Waals surface area contributed by atoms with Crippen LogP contribution in [-0.4, -0.2) is 36.2 Å². The molecule has 0 radical (unpaired) electrons. The van der Waals surface area contributed by atoms with E-state index in [1.54, 1.807) is 6.08 Å². The first-order valence-corrected chi connectivity index (χ1v) is 11.2. The van der Waals surface area contributed by atoms with Crippen LogP contribution in [0.1, 0.15) is 51.0 Å². The molecule has 1 atom stereocenters. The number of fused-ring (bicyclic) bond motifs is 1. The third kappa shape index (κ3) is 4.05. The zero-order valence-electron chi connectivity index (χ0n) is 17.7. The van der Waals surface area contributed by atoms with Crippen LogP contribution in [-0.2, 0) is 14.3 Å². The van der Waals surface area contributed by atoms with Crippen LogP contribution in [0.4, 0.5) is 4.79 Å². The molecule has 4 fully saturated rings. The fourth-order valence-corrected chi connectivity index (χ4v) is 6.27. The number of carbonyl (C=O) groups is 3. The molecule has 0 aromatic heterocycles. The van der Waals surface area contributed by atoms with Gasteiger partial charge in [0.1, 0.15) is 12.4 Å². The molecule has 6 rings (SSSR count). The maximum atomic E-state index is 12.6. The van der Waals surface area contributed by atoms with Crippen molar-refractivity contribution in [1.82, 2.24) is 10.6 Å². The maximum Gasteiger partial charge on any atom is 0.338 e. The minimum absolute atomic E-state index is 0.0801. The third-order valence-electron chi connectivity index (χ3n) is 7.20. The number of esters is 1. The first-order chi connectivity index (χ1) is 14.9. The van der Waals surface area contributed by atoms with E-state index in [1.807, 2.05) is 24.3 Å². The van der Waals surface area contributed by atoms with Gasteiger partial charge in [0, 0.05) is 11.1 Å². The summed E-state index contributed by atoms with van der Waals surface area (Å²) in [7, 11) is 0. The van der Waals surface area contributed by atoms with Gasteiger partial charge in [-0.1, -0.05) is 18.2 Å². The number of benzene rings is 1. The van der Waals surface area contributed by atoms with Gasteiger partial charge in [-0.05, 0) is 75.3 Å². The van der Waals surface area contributed by atoms with Crippen molar-refractivity contribution < 1.29 is 23.9 Å². The zero-order valence-corrected chi connectivity index (χ0v) is 17.7. The van der Waals surface area contributed by atoms with Crippen LogP contribution in [0.2, 0.25) is 0 Å². The van der Waals surface area contributed by atoms with E-state index >= 15 is 0 Å². The summed E-state index contributed by atoms with van der Waals surface area (Å²) in [6.45, 7) is 1.54. The Bertz CT molecular complexity index is 918. The van der Waals surface area contributed by atoms with Crippen molar-refractivity contribution in [3.63, 3.8) is 0 Å². The summed E-state index contributed by atoms with van der Waals surface area (Å²) in [6, 6.07) is 6.88. The molecule has 1 heterocycles. The molecular weight excluding hydrogens is 396 g/mol. The Kier molecular flexibility index (Phi) is 4.99. The Morgan fingerprint density at radius 1 is 1.06 bits per heavy atom. The topological polar surface area (TPSA) is 93.7 Å². The summed E-state index contributed by atoms with van der Waals surface area (Å²) in [4.78, 5) is 37.5. The largest absolute Gasteiger partial charge is 0.488 e. The highest BCUT2D eigenvalue weighted by Crippen LogP contribution is 2.55. The minimum atomic E-state index is -1.09. The molecule has 0 unspecified atom stereocenters. The standard InChI is InChI=1S/C24H28N2O5/c1-14(31-22(28)19-9-18-4-2-3-5-20(18)30-13-19)21(27)25-23(29)26-24-10-15-6-16(11-24)8-17(7-15)12-24/h2-5,9,14-17H,6-8,10-13H2,1H3,(H2,25,26,27,29)/t14-,15?,16?,17?,24?/m1/s1. The maximum absolute atomic E-state index is 12.6. The van der Waals surface area contributed by atoms with E-state index in [9.17, 15) is 14.4 Å². The summed E-state index contributed by atoms with van der Waals surface area (Å²) >= 11 is 0. The van der Waals surface area contributed by atoms with E-state index in [-0.39, 0.29) is 12.1 Å². The van der Waals surface area contributed by atoms with Gasteiger partial charge in [-0.25, -0.2) is 9.59 Å². The molecule has 5 aliphatic rings. The van der Waals surface area contributed by atoms with Crippen molar-refractivity contribution in [3.8, 4) is 5.75 Å². The molecule has 3 amide bonds. The van der Waals surface area contributed by atoms with Crippen molar-refractivity contribution in [3.05, 3.63) is 35.4 Å². The Morgan fingerprint density at radius 3 is 2.39 bits per heavy atom. The lowest BCUT2D eigenvalue weighted by Gasteiger charge is -2.56. The van der Waals surface area contributed by atoms with E-state index in [1.165, 1.54) is 26.2 Å². The molecule has 1 aliphatic heterocycles. The van der Waals surface area contributed by atoms with Crippen molar-refractivity contribution in [2.75, 3.05) is 6.61 Å². The number of ether oxygens (including phenoxy) is 2. The molecule has 4 aliphatic carbocycles. The Labute approximate surface area is 181 Å². The SMILES string of the molecule is C[C@@H](OC(=O)C1=Cc2ccccc2OC1)C(=O)NC(=O)NC12CC3CC(CC(C3)C1)C2. The predicted molar refractivity (Wildman–Crippen MR) is 113 cm³/mol. The second kappa shape index (κ2) is 7.70. The number of hydrogen-bond acceptors (Lipinski definition) is 5. The average molecular weight is 424 g/mol. The van der Waals surface area contributed by atoms with Crippen LogP contribution in [0.25, 0.3) is 6.08 Å². The van der Waals surface area contributed by atoms with Crippen molar-refractivity contribution >= 4 is 24.0 Å². The molecule has 164 valence electrons. The molecule has 31 heavy (non-hydrogen) atoms. The lowest BCUT2D eigenvalue weighted by molar-refractivity contribution is -0.151. The van der Waals surface area contributed by atoms with Gasteiger partial charge in [0.25, 0.3) is 5.91 Å².